The molecule has 1 N–H and O–H groups in total. The van der Waals surface area contributed by atoms with Crippen LogP contribution in [0, 0.1) is 6.92 Å². The standard InChI is InChI=1S/C20H14Cl2N4OS/c1-12-2-4-13(5-3-12)6-9-18(27)23-19-24-20-26(25-19)17(11-28-20)15-8-7-14(21)10-16(15)22/h2-11H,1H3,(H,23,25,27)/b9-6+. The maximum Gasteiger partial charge on any atom is 0.250 e. The Morgan fingerprint density at radius 2 is 1.96 bits per heavy atom. The van der Waals surface area contributed by atoms with Crippen LogP contribution in [0.2, 0.25) is 10.0 Å². The number of hydrogen-bond acceptors (Lipinski definition) is 4. The molecule has 0 radical (unpaired) electrons. The highest BCUT2D eigenvalue weighted by Crippen LogP contribution is 2.33. The van der Waals surface area contributed by atoms with E-state index in [0.717, 1.165) is 16.8 Å². The minimum Gasteiger partial charge on any atom is -0.290 e. The zero-order valence-electron chi connectivity index (χ0n) is 14.7. The molecule has 0 spiro atoms. The fourth-order valence-electron chi connectivity index (χ4n) is 2.62. The third kappa shape index (κ3) is 3.94. The molecule has 140 valence electrons. The zero-order valence-corrected chi connectivity index (χ0v) is 17.0. The highest BCUT2D eigenvalue weighted by atomic mass is 35.5. The summed E-state index contributed by atoms with van der Waals surface area (Å²) in [6, 6.07) is 13.2. The number of thiazole rings is 1. The largest absolute Gasteiger partial charge is 0.290 e. The van der Waals surface area contributed by atoms with Gasteiger partial charge in [0.1, 0.15) is 0 Å². The molecule has 0 aliphatic rings. The fourth-order valence-corrected chi connectivity index (χ4v) is 3.95. The van der Waals surface area contributed by atoms with Crippen molar-refractivity contribution < 1.29 is 4.79 Å². The molecular formula is C20H14Cl2N4OS. The summed E-state index contributed by atoms with van der Waals surface area (Å²) in [7, 11) is 0. The number of anilines is 1. The third-order valence-electron chi connectivity index (χ3n) is 4.03. The highest BCUT2D eigenvalue weighted by molar-refractivity contribution is 7.15. The van der Waals surface area contributed by atoms with Gasteiger partial charge in [-0.05, 0) is 36.8 Å². The number of nitrogens with one attached hydrogen (secondary N) is 1. The van der Waals surface area contributed by atoms with Gasteiger partial charge in [0, 0.05) is 22.0 Å². The van der Waals surface area contributed by atoms with Crippen LogP contribution in [0.5, 0.6) is 0 Å². The molecule has 0 saturated heterocycles. The van der Waals surface area contributed by atoms with Crippen molar-refractivity contribution in [1.29, 1.82) is 0 Å². The molecule has 8 heteroatoms. The van der Waals surface area contributed by atoms with Crippen molar-refractivity contribution >= 4 is 57.4 Å². The number of hydrogen-bond donors (Lipinski definition) is 1. The van der Waals surface area contributed by atoms with Crippen molar-refractivity contribution in [3.63, 3.8) is 0 Å². The van der Waals surface area contributed by atoms with E-state index in [1.54, 1.807) is 22.7 Å². The lowest BCUT2D eigenvalue weighted by Gasteiger charge is -2.02. The number of aryl methyl sites for hydroxylation is 1. The normalized spacial score (nSPS) is 11.4. The van der Waals surface area contributed by atoms with Crippen LogP contribution in [0.25, 0.3) is 22.3 Å². The Balaban J connectivity index is 1.54. The Morgan fingerprint density at radius 3 is 2.71 bits per heavy atom. The fraction of sp³-hybridized carbons (Fsp3) is 0.0500. The van der Waals surface area contributed by atoms with Gasteiger partial charge >= 0.3 is 0 Å². The summed E-state index contributed by atoms with van der Waals surface area (Å²) in [6.07, 6.45) is 3.20. The summed E-state index contributed by atoms with van der Waals surface area (Å²) in [5.74, 6) is -0.0679. The molecule has 0 aliphatic heterocycles. The number of fused-ring (bicyclic) bond motifs is 1. The molecule has 0 aliphatic carbocycles. The van der Waals surface area contributed by atoms with Crippen molar-refractivity contribution in [2.24, 2.45) is 0 Å². The molecule has 5 nitrogen and oxygen atoms in total. The summed E-state index contributed by atoms with van der Waals surface area (Å²) < 4.78 is 1.65. The average molecular weight is 429 g/mol. The van der Waals surface area contributed by atoms with Gasteiger partial charge < -0.3 is 0 Å². The van der Waals surface area contributed by atoms with E-state index in [9.17, 15) is 4.79 Å². The number of aromatic nitrogens is 3. The lowest BCUT2D eigenvalue weighted by Crippen LogP contribution is -2.09. The van der Waals surface area contributed by atoms with Crippen LogP contribution in [-0.4, -0.2) is 20.5 Å². The first-order chi connectivity index (χ1) is 13.5. The number of rotatable bonds is 4. The van der Waals surface area contributed by atoms with Gasteiger partial charge in [0.15, 0.2) is 0 Å². The van der Waals surface area contributed by atoms with Gasteiger partial charge in [-0.15, -0.1) is 16.4 Å². The number of carbonyl (C=O) groups is 1. The van der Waals surface area contributed by atoms with Crippen LogP contribution in [0.3, 0.4) is 0 Å². The lowest BCUT2D eigenvalue weighted by molar-refractivity contribution is -0.111. The van der Waals surface area contributed by atoms with E-state index in [4.69, 9.17) is 23.2 Å². The molecular weight excluding hydrogens is 415 g/mol. The molecule has 1 amide bonds. The molecule has 4 rings (SSSR count). The van der Waals surface area contributed by atoms with E-state index in [-0.39, 0.29) is 11.9 Å². The summed E-state index contributed by atoms with van der Waals surface area (Å²) in [4.78, 5) is 17.2. The van der Waals surface area contributed by atoms with Crippen molar-refractivity contribution in [2.45, 2.75) is 6.92 Å². The number of nitrogens with zero attached hydrogens (tertiary/aromatic N) is 3. The Morgan fingerprint density at radius 1 is 1.18 bits per heavy atom. The van der Waals surface area contributed by atoms with Gasteiger partial charge in [0.2, 0.25) is 4.96 Å². The molecule has 4 aromatic rings. The molecule has 28 heavy (non-hydrogen) atoms. The molecule has 0 bridgehead atoms. The Kier molecular flexibility index (Phi) is 5.17. The van der Waals surface area contributed by atoms with E-state index in [2.05, 4.69) is 15.4 Å². The van der Waals surface area contributed by atoms with Crippen LogP contribution in [0.4, 0.5) is 5.95 Å². The highest BCUT2D eigenvalue weighted by Gasteiger charge is 2.14. The second kappa shape index (κ2) is 7.75. The van der Waals surface area contributed by atoms with E-state index in [1.807, 2.05) is 42.6 Å². The third-order valence-corrected chi connectivity index (χ3v) is 5.39. The predicted molar refractivity (Wildman–Crippen MR) is 115 cm³/mol. The monoisotopic (exact) mass is 428 g/mol. The van der Waals surface area contributed by atoms with E-state index in [0.29, 0.717) is 15.0 Å². The van der Waals surface area contributed by atoms with Crippen LogP contribution in [0.1, 0.15) is 11.1 Å². The van der Waals surface area contributed by atoms with Crippen molar-refractivity contribution in [3.8, 4) is 11.3 Å². The van der Waals surface area contributed by atoms with Crippen LogP contribution in [0.15, 0.2) is 53.9 Å². The average Bonchev–Trinajstić information content (AvgIpc) is 3.22. The Labute approximate surface area is 175 Å². The predicted octanol–water partition coefficient (Wildman–Crippen LogP) is 5.72. The van der Waals surface area contributed by atoms with E-state index < -0.39 is 0 Å². The number of amides is 1. The molecule has 0 unspecified atom stereocenters. The maximum absolute atomic E-state index is 12.2. The van der Waals surface area contributed by atoms with Gasteiger partial charge in [0.25, 0.3) is 11.9 Å². The van der Waals surface area contributed by atoms with Gasteiger partial charge in [-0.2, -0.15) is 4.98 Å². The molecule has 2 aromatic heterocycles. The summed E-state index contributed by atoms with van der Waals surface area (Å²) in [6.45, 7) is 2.02. The number of carbonyl (C=O) groups excluding carboxylic acids is 1. The van der Waals surface area contributed by atoms with Gasteiger partial charge in [-0.3, -0.25) is 10.1 Å². The molecule has 0 saturated carbocycles. The quantitative estimate of drug-likeness (QED) is 0.422. The molecule has 0 fully saturated rings. The minimum atomic E-state index is -0.301. The first-order valence-electron chi connectivity index (χ1n) is 8.35. The first-order valence-corrected chi connectivity index (χ1v) is 9.98. The Bertz CT molecular complexity index is 1190. The smallest absolute Gasteiger partial charge is 0.250 e. The maximum atomic E-state index is 12.2. The lowest BCUT2D eigenvalue weighted by atomic mass is 10.1. The number of halogens is 2. The van der Waals surface area contributed by atoms with Crippen molar-refractivity contribution in [3.05, 3.63) is 75.1 Å². The van der Waals surface area contributed by atoms with Gasteiger partial charge in [-0.25, -0.2) is 4.52 Å². The van der Waals surface area contributed by atoms with Crippen molar-refractivity contribution in [1.82, 2.24) is 14.6 Å². The summed E-state index contributed by atoms with van der Waals surface area (Å²) >= 11 is 13.7. The van der Waals surface area contributed by atoms with Crippen molar-refractivity contribution in [2.75, 3.05) is 5.32 Å². The SMILES string of the molecule is Cc1ccc(/C=C/C(=O)Nc2nc3scc(-c4ccc(Cl)cc4Cl)n3n2)cc1. The Hall–Kier alpha value is -2.67. The second-order valence-electron chi connectivity index (χ2n) is 6.11. The second-order valence-corrected chi connectivity index (χ2v) is 7.79. The van der Waals surface area contributed by atoms with E-state index >= 15 is 0 Å². The summed E-state index contributed by atoms with van der Waals surface area (Å²) in [5, 5.41) is 10.1. The van der Waals surface area contributed by atoms with Gasteiger partial charge in [-0.1, -0.05) is 53.0 Å². The van der Waals surface area contributed by atoms with Gasteiger partial charge in [0.05, 0.1) is 10.7 Å². The molecule has 2 aromatic carbocycles. The topological polar surface area (TPSA) is 59.3 Å². The summed E-state index contributed by atoms with van der Waals surface area (Å²) in [5.41, 5.74) is 3.68. The van der Waals surface area contributed by atoms with Crippen LogP contribution < -0.4 is 5.32 Å². The van der Waals surface area contributed by atoms with E-state index in [1.165, 1.54) is 23.0 Å². The first kappa shape index (κ1) is 18.7. The number of benzene rings is 2. The zero-order chi connectivity index (χ0) is 19.7. The molecule has 2 heterocycles. The van der Waals surface area contributed by atoms with Crippen LogP contribution in [-0.2, 0) is 4.79 Å². The molecule has 0 atom stereocenters. The minimum absolute atomic E-state index is 0.233. The van der Waals surface area contributed by atoms with Crippen LogP contribution >= 0.6 is 34.5 Å².